The molecule has 1 saturated heterocycles. The second-order valence-corrected chi connectivity index (χ2v) is 8.84. The van der Waals surface area contributed by atoms with Crippen LogP contribution in [0.3, 0.4) is 0 Å². The molecule has 1 aliphatic carbocycles. The maximum Gasteiger partial charge on any atom is 0.0745 e. The van der Waals surface area contributed by atoms with E-state index in [1.54, 1.807) is 0 Å². The van der Waals surface area contributed by atoms with E-state index in [2.05, 4.69) is 6.92 Å². The van der Waals surface area contributed by atoms with Gasteiger partial charge in [0.25, 0.3) is 0 Å². The molecule has 73 valence electrons. The molecule has 0 unspecified atom stereocenters. The van der Waals surface area contributed by atoms with Gasteiger partial charge >= 0.3 is 0 Å². The maximum absolute atomic E-state index is 8.55. The first-order valence-electron chi connectivity index (χ1n) is 6.09. The third-order valence-electron chi connectivity index (χ3n) is 3.88. The zero-order valence-corrected chi connectivity index (χ0v) is 12.6. The van der Waals surface area contributed by atoms with Gasteiger partial charge in [-0.15, -0.1) is 0 Å². The van der Waals surface area contributed by atoms with Gasteiger partial charge in [-0.2, -0.15) is 0 Å². The molecule has 0 amide bonds. The molecule has 0 aromatic carbocycles. The minimum absolute atomic E-state index is 0. The number of hydrogen-bond acceptors (Lipinski definition) is 0. The molecule has 2 aliphatic rings. The van der Waals surface area contributed by atoms with Gasteiger partial charge in [0.15, 0.2) is 0 Å². The van der Waals surface area contributed by atoms with E-state index in [1.807, 2.05) is 0 Å². The Morgan fingerprint density at radius 2 is 1.77 bits per heavy atom. The van der Waals surface area contributed by atoms with E-state index in [0.29, 0.717) is 0 Å². The Kier molecular flexibility index (Phi) is 4.73. The molecule has 13 heavy (non-hydrogen) atoms. The van der Waals surface area contributed by atoms with Gasteiger partial charge in [-0.3, -0.25) is 0 Å². The molecule has 0 spiro atoms. The SMILES string of the molecule is [2H]C1([P+]2(CC)CCCCC2)CCC1.[Y]. The van der Waals surface area contributed by atoms with E-state index in [4.69, 9.17) is 1.37 Å². The van der Waals surface area contributed by atoms with Crippen LogP contribution in [0.1, 0.15) is 46.8 Å². The fraction of sp³-hybridized carbons (Fsp3) is 1.00. The topological polar surface area (TPSA) is 0 Å². The molecular weight excluding hydrogens is 252 g/mol. The normalized spacial score (nSPS) is 31.0. The third kappa shape index (κ3) is 2.56. The predicted octanol–water partition coefficient (Wildman–Crippen LogP) is 3.76. The molecule has 0 bridgehead atoms. The van der Waals surface area contributed by atoms with Crippen molar-refractivity contribution >= 4 is 7.26 Å². The van der Waals surface area contributed by atoms with Crippen LogP contribution >= 0.6 is 7.26 Å². The van der Waals surface area contributed by atoms with Crippen LogP contribution in [0, 0.1) is 0 Å². The van der Waals surface area contributed by atoms with Crippen LogP contribution in [-0.4, -0.2) is 24.1 Å². The molecule has 0 atom stereocenters. The predicted molar refractivity (Wildman–Crippen MR) is 58.7 cm³/mol. The summed E-state index contributed by atoms with van der Waals surface area (Å²) in [5, 5.41) is 0. The van der Waals surface area contributed by atoms with Gasteiger partial charge in [-0.1, -0.05) is 0 Å². The van der Waals surface area contributed by atoms with Gasteiger partial charge in [0.1, 0.15) is 0 Å². The van der Waals surface area contributed by atoms with Crippen LogP contribution in [0.5, 0.6) is 0 Å². The largest absolute Gasteiger partial charge is 0.0745 e. The van der Waals surface area contributed by atoms with E-state index in [0.717, 1.165) is 0 Å². The van der Waals surface area contributed by atoms with Crippen molar-refractivity contribution < 1.29 is 34.1 Å². The van der Waals surface area contributed by atoms with E-state index in [-0.39, 0.29) is 38.3 Å². The maximum atomic E-state index is 8.55. The summed E-state index contributed by atoms with van der Waals surface area (Å²) in [5.41, 5.74) is 0.0994. The molecule has 0 N–H and O–H groups in total. The first-order valence-corrected chi connectivity index (χ1v) is 7.93. The van der Waals surface area contributed by atoms with Crippen molar-refractivity contribution in [2.75, 3.05) is 18.5 Å². The van der Waals surface area contributed by atoms with E-state index < -0.39 is 7.26 Å². The smallest absolute Gasteiger partial charge is 0.0464 e. The molecule has 0 nitrogen and oxygen atoms in total. The van der Waals surface area contributed by atoms with Crippen LogP contribution in [0.15, 0.2) is 0 Å². The third-order valence-corrected chi connectivity index (χ3v) is 9.22. The fourth-order valence-corrected chi connectivity index (χ4v) is 7.64. The van der Waals surface area contributed by atoms with Crippen LogP contribution in [-0.2, 0) is 32.7 Å². The molecular formula is C11H22PY+. The Hall–Kier alpha value is 1.53. The first-order chi connectivity index (χ1) is 6.22. The zero-order chi connectivity index (χ0) is 9.36. The molecule has 1 heterocycles. The summed E-state index contributed by atoms with van der Waals surface area (Å²) in [6, 6.07) is 0. The molecule has 1 saturated carbocycles. The Bertz CT molecular complexity index is 186. The Morgan fingerprint density at radius 3 is 2.15 bits per heavy atom. The summed E-state index contributed by atoms with van der Waals surface area (Å²) in [6.07, 6.45) is 12.4. The van der Waals surface area contributed by atoms with Gasteiger partial charge in [0.05, 0.1) is 25.5 Å². The first kappa shape index (κ1) is 11.0. The van der Waals surface area contributed by atoms with Crippen molar-refractivity contribution in [2.45, 2.75) is 51.1 Å². The van der Waals surface area contributed by atoms with Crippen molar-refractivity contribution in [3.8, 4) is 0 Å². The zero-order valence-electron chi connectivity index (χ0n) is 9.89. The summed E-state index contributed by atoms with van der Waals surface area (Å²) in [6.45, 7) is 2.35. The second kappa shape index (κ2) is 5.57. The molecule has 1 aliphatic heterocycles. The Labute approximate surface area is 110 Å². The summed E-state index contributed by atoms with van der Waals surface area (Å²) < 4.78 is 8.55. The summed E-state index contributed by atoms with van der Waals surface area (Å²) in [7, 11) is -0.821. The fourth-order valence-electron chi connectivity index (χ4n) is 2.78. The van der Waals surface area contributed by atoms with Crippen LogP contribution in [0.4, 0.5) is 0 Å². The minimum atomic E-state index is -0.821. The summed E-state index contributed by atoms with van der Waals surface area (Å²) in [4.78, 5) is 0. The van der Waals surface area contributed by atoms with Crippen molar-refractivity contribution in [1.82, 2.24) is 0 Å². The van der Waals surface area contributed by atoms with Gasteiger partial charge in [0.2, 0.25) is 0 Å². The molecule has 2 heteroatoms. The Balaban J connectivity index is 0.000000980. The quantitative estimate of drug-likeness (QED) is 0.673. The molecule has 2 rings (SSSR count). The average Bonchev–Trinajstić information content (AvgIpc) is 2.15. The molecule has 1 radical (unpaired) electrons. The number of rotatable bonds is 2. The van der Waals surface area contributed by atoms with Crippen molar-refractivity contribution in [3.05, 3.63) is 0 Å². The van der Waals surface area contributed by atoms with Gasteiger partial charge in [-0.25, -0.2) is 0 Å². The van der Waals surface area contributed by atoms with Crippen molar-refractivity contribution in [1.29, 1.82) is 0 Å². The summed E-state index contributed by atoms with van der Waals surface area (Å²) in [5.74, 6) is 0. The van der Waals surface area contributed by atoms with E-state index in [9.17, 15) is 0 Å². The van der Waals surface area contributed by atoms with E-state index in [1.165, 1.54) is 57.0 Å². The molecule has 0 aromatic rings. The Morgan fingerprint density at radius 1 is 1.15 bits per heavy atom. The number of hydrogen-bond donors (Lipinski definition) is 0. The molecule has 0 aromatic heterocycles. The van der Waals surface area contributed by atoms with Crippen LogP contribution < -0.4 is 0 Å². The van der Waals surface area contributed by atoms with Crippen LogP contribution in [0.2, 0.25) is 0 Å². The van der Waals surface area contributed by atoms with Crippen LogP contribution in [0.25, 0.3) is 0 Å². The monoisotopic (exact) mass is 275 g/mol. The van der Waals surface area contributed by atoms with Gasteiger partial charge < -0.3 is 0 Å². The standard InChI is InChI=1S/C11H22P.Y/c1-2-12(11-7-6-8-11)9-4-3-5-10-12;/h11H,2-10H2,1H3;/q+1;/i11D;. The summed E-state index contributed by atoms with van der Waals surface area (Å²) >= 11 is 0. The minimum Gasteiger partial charge on any atom is -0.0464 e. The van der Waals surface area contributed by atoms with E-state index >= 15 is 0 Å². The van der Waals surface area contributed by atoms with Crippen molar-refractivity contribution in [3.63, 3.8) is 0 Å². The van der Waals surface area contributed by atoms with Gasteiger partial charge in [-0.05, 0) is 45.4 Å². The second-order valence-electron chi connectivity index (χ2n) is 4.39. The molecule has 2 fully saturated rings. The van der Waals surface area contributed by atoms with Gasteiger partial charge in [0, 0.05) is 40.0 Å². The average molecular weight is 275 g/mol. The van der Waals surface area contributed by atoms with Crippen molar-refractivity contribution in [2.24, 2.45) is 0 Å².